The Morgan fingerprint density at radius 3 is 2.20 bits per heavy atom. The Bertz CT molecular complexity index is 759. The second-order valence-corrected chi connectivity index (χ2v) is 6.46. The second kappa shape index (κ2) is 7.38. The van der Waals surface area contributed by atoms with E-state index < -0.39 is 0 Å². The van der Waals surface area contributed by atoms with Crippen molar-refractivity contribution >= 4 is 23.2 Å². The van der Waals surface area contributed by atoms with Gasteiger partial charge in [0.05, 0.1) is 23.6 Å². The summed E-state index contributed by atoms with van der Waals surface area (Å²) in [5, 5.41) is 5.73. The number of para-hydroxylation sites is 3. The lowest BCUT2D eigenvalue weighted by Gasteiger charge is -2.14. The molecule has 2 unspecified atom stereocenters. The van der Waals surface area contributed by atoms with Crippen LogP contribution in [0.15, 0.2) is 54.6 Å². The molecule has 1 aliphatic carbocycles. The Morgan fingerprint density at radius 1 is 0.920 bits per heavy atom. The minimum atomic E-state index is -0.296. The van der Waals surface area contributed by atoms with E-state index >= 15 is 0 Å². The zero-order chi connectivity index (χ0) is 17.8. The summed E-state index contributed by atoms with van der Waals surface area (Å²) in [6.07, 6.45) is 0.584. The molecule has 2 aromatic carbocycles. The number of carbonyl (C=O) groups is 2. The molecule has 130 valence electrons. The molecule has 5 heteroatoms. The minimum absolute atomic E-state index is 0.0170. The number of nitrogens with one attached hydrogen (secondary N) is 2. The predicted octanol–water partition coefficient (Wildman–Crippen LogP) is 3.69. The van der Waals surface area contributed by atoms with Crippen LogP contribution in [0.3, 0.4) is 0 Å². The molecule has 2 atom stereocenters. The molecule has 0 bridgehead atoms. The number of anilines is 2. The average molecular weight is 338 g/mol. The maximum absolute atomic E-state index is 12.4. The molecular formula is C20H22N2O3. The van der Waals surface area contributed by atoms with Crippen molar-refractivity contribution in [2.75, 3.05) is 10.6 Å². The molecule has 1 aliphatic rings. The number of amides is 2. The van der Waals surface area contributed by atoms with Gasteiger partial charge in [0.2, 0.25) is 11.8 Å². The number of benzene rings is 2. The summed E-state index contributed by atoms with van der Waals surface area (Å²) in [6.45, 7) is 3.87. The lowest BCUT2D eigenvalue weighted by molar-refractivity contribution is -0.122. The smallest absolute Gasteiger partial charge is 0.228 e. The molecule has 0 aliphatic heterocycles. The van der Waals surface area contributed by atoms with E-state index in [2.05, 4.69) is 10.6 Å². The van der Waals surface area contributed by atoms with Gasteiger partial charge in [0.15, 0.2) is 0 Å². The third-order valence-corrected chi connectivity index (χ3v) is 4.01. The Morgan fingerprint density at radius 2 is 1.52 bits per heavy atom. The Hall–Kier alpha value is -2.82. The summed E-state index contributed by atoms with van der Waals surface area (Å²) < 4.78 is 5.71. The Kier molecular flexibility index (Phi) is 5.03. The summed E-state index contributed by atoms with van der Waals surface area (Å²) in [5.41, 5.74) is 1.38. The summed E-state index contributed by atoms with van der Waals surface area (Å²) in [5.74, 6) is -0.197. The summed E-state index contributed by atoms with van der Waals surface area (Å²) in [4.78, 5) is 24.7. The predicted molar refractivity (Wildman–Crippen MR) is 97.5 cm³/mol. The van der Waals surface area contributed by atoms with Gasteiger partial charge in [-0.1, -0.05) is 30.3 Å². The Labute approximate surface area is 147 Å². The second-order valence-electron chi connectivity index (χ2n) is 6.46. The van der Waals surface area contributed by atoms with Crippen LogP contribution in [0.4, 0.5) is 11.4 Å². The molecular weight excluding hydrogens is 316 g/mol. The Balaban J connectivity index is 1.58. The van der Waals surface area contributed by atoms with Crippen molar-refractivity contribution < 1.29 is 14.3 Å². The fourth-order valence-corrected chi connectivity index (χ4v) is 2.68. The van der Waals surface area contributed by atoms with Crippen LogP contribution in [0, 0.1) is 11.8 Å². The first-order valence-electron chi connectivity index (χ1n) is 8.47. The van der Waals surface area contributed by atoms with Crippen molar-refractivity contribution in [3.05, 3.63) is 54.6 Å². The monoisotopic (exact) mass is 338 g/mol. The van der Waals surface area contributed by atoms with E-state index in [0.717, 1.165) is 5.69 Å². The van der Waals surface area contributed by atoms with Crippen molar-refractivity contribution in [2.24, 2.45) is 11.8 Å². The van der Waals surface area contributed by atoms with Crippen LogP contribution in [0.25, 0.3) is 0 Å². The molecule has 2 aromatic rings. The first-order valence-corrected chi connectivity index (χ1v) is 8.47. The van der Waals surface area contributed by atoms with Gasteiger partial charge in [0, 0.05) is 5.69 Å². The van der Waals surface area contributed by atoms with E-state index in [1.807, 2.05) is 62.4 Å². The van der Waals surface area contributed by atoms with Crippen molar-refractivity contribution in [1.29, 1.82) is 0 Å². The highest BCUT2D eigenvalue weighted by Crippen LogP contribution is 2.40. The van der Waals surface area contributed by atoms with Crippen LogP contribution in [0.5, 0.6) is 5.75 Å². The van der Waals surface area contributed by atoms with Crippen LogP contribution in [-0.2, 0) is 9.59 Å². The molecule has 2 amide bonds. The number of rotatable bonds is 6. The first-order chi connectivity index (χ1) is 12.0. The van der Waals surface area contributed by atoms with Crippen LogP contribution in [0.1, 0.15) is 20.3 Å². The maximum Gasteiger partial charge on any atom is 0.228 e. The molecule has 25 heavy (non-hydrogen) atoms. The van der Waals surface area contributed by atoms with Gasteiger partial charge >= 0.3 is 0 Å². The van der Waals surface area contributed by atoms with Crippen molar-refractivity contribution in [3.63, 3.8) is 0 Å². The van der Waals surface area contributed by atoms with Crippen LogP contribution >= 0.6 is 0 Å². The molecule has 0 heterocycles. The third-order valence-electron chi connectivity index (χ3n) is 4.01. The molecule has 3 rings (SSSR count). The number of ether oxygens (including phenoxy) is 1. The fraction of sp³-hybridized carbons (Fsp3) is 0.300. The molecule has 5 nitrogen and oxygen atoms in total. The van der Waals surface area contributed by atoms with E-state index in [-0.39, 0.29) is 29.8 Å². The largest absolute Gasteiger partial charge is 0.489 e. The summed E-state index contributed by atoms with van der Waals surface area (Å²) >= 11 is 0. The van der Waals surface area contributed by atoms with E-state index in [4.69, 9.17) is 4.74 Å². The first kappa shape index (κ1) is 17.0. The summed E-state index contributed by atoms with van der Waals surface area (Å²) in [6, 6.07) is 16.6. The molecule has 2 N–H and O–H groups in total. The maximum atomic E-state index is 12.4. The molecule has 0 saturated heterocycles. The van der Waals surface area contributed by atoms with E-state index in [1.165, 1.54) is 0 Å². The highest BCUT2D eigenvalue weighted by atomic mass is 16.5. The highest BCUT2D eigenvalue weighted by Gasteiger charge is 2.48. The number of hydrogen-bond donors (Lipinski definition) is 2. The third kappa shape index (κ3) is 4.38. The normalized spacial score (nSPS) is 18.5. The quantitative estimate of drug-likeness (QED) is 0.844. The van der Waals surface area contributed by atoms with Crippen molar-refractivity contribution in [3.8, 4) is 5.75 Å². The number of hydrogen-bond acceptors (Lipinski definition) is 3. The zero-order valence-electron chi connectivity index (χ0n) is 14.4. The molecule has 0 aromatic heterocycles. The zero-order valence-corrected chi connectivity index (χ0v) is 14.4. The van der Waals surface area contributed by atoms with Crippen molar-refractivity contribution in [2.45, 2.75) is 26.4 Å². The van der Waals surface area contributed by atoms with Crippen LogP contribution < -0.4 is 15.4 Å². The average Bonchev–Trinajstić information content (AvgIpc) is 3.38. The van der Waals surface area contributed by atoms with Crippen LogP contribution in [0.2, 0.25) is 0 Å². The van der Waals surface area contributed by atoms with Gasteiger partial charge in [0.25, 0.3) is 0 Å². The lowest BCUT2D eigenvalue weighted by Crippen LogP contribution is -2.21. The van der Waals surface area contributed by atoms with Gasteiger partial charge in [-0.25, -0.2) is 0 Å². The van der Waals surface area contributed by atoms with Gasteiger partial charge in [-0.05, 0) is 44.5 Å². The van der Waals surface area contributed by atoms with Gasteiger partial charge < -0.3 is 15.4 Å². The van der Waals surface area contributed by atoms with Gasteiger partial charge in [-0.2, -0.15) is 0 Å². The van der Waals surface area contributed by atoms with E-state index in [0.29, 0.717) is 17.9 Å². The van der Waals surface area contributed by atoms with Crippen molar-refractivity contribution in [1.82, 2.24) is 0 Å². The number of carbonyl (C=O) groups excluding carboxylic acids is 2. The van der Waals surface area contributed by atoms with E-state index in [1.54, 1.807) is 6.07 Å². The standard InChI is InChI=1S/C20H22N2O3/c1-13(2)25-18-11-7-6-10-17(18)22-20(24)16-12-15(16)19(23)21-14-8-4-3-5-9-14/h3-11,13,15-16H,12H2,1-2H3,(H,21,23)(H,22,24). The minimum Gasteiger partial charge on any atom is -0.489 e. The van der Waals surface area contributed by atoms with Gasteiger partial charge in [-0.15, -0.1) is 0 Å². The molecule has 1 fully saturated rings. The SMILES string of the molecule is CC(C)Oc1ccccc1NC(=O)C1CC1C(=O)Nc1ccccc1. The highest BCUT2D eigenvalue weighted by molar-refractivity contribution is 6.03. The van der Waals surface area contributed by atoms with Crippen LogP contribution in [-0.4, -0.2) is 17.9 Å². The van der Waals surface area contributed by atoms with Gasteiger partial charge in [0.1, 0.15) is 5.75 Å². The lowest BCUT2D eigenvalue weighted by atomic mass is 10.2. The topological polar surface area (TPSA) is 67.4 Å². The fourth-order valence-electron chi connectivity index (χ4n) is 2.68. The van der Waals surface area contributed by atoms with E-state index in [9.17, 15) is 9.59 Å². The van der Waals surface area contributed by atoms with Gasteiger partial charge in [-0.3, -0.25) is 9.59 Å². The molecule has 0 spiro atoms. The summed E-state index contributed by atoms with van der Waals surface area (Å²) in [7, 11) is 0. The molecule has 1 saturated carbocycles. The molecule has 0 radical (unpaired) electrons.